The Balaban J connectivity index is 1.86. The van der Waals surface area contributed by atoms with Gasteiger partial charge in [0.2, 0.25) is 0 Å². The Labute approximate surface area is 117 Å². The van der Waals surface area contributed by atoms with Gasteiger partial charge < -0.3 is 15.1 Å². The van der Waals surface area contributed by atoms with Crippen molar-refractivity contribution in [2.75, 3.05) is 18.0 Å². The largest absolute Gasteiger partial charge is 0.392 e. The monoisotopic (exact) mass is 271 g/mol. The number of benzene rings is 1. The van der Waals surface area contributed by atoms with Crippen molar-refractivity contribution in [2.24, 2.45) is 0 Å². The van der Waals surface area contributed by atoms with Crippen molar-refractivity contribution in [3.05, 3.63) is 42.1 Å². The highest BCUT2D eigenvalue weighted by atomic mass is 16.3. The zero-order chi connectivity index (χ0) is 13.9. The van der Waals surface area contributed by atoms with Crippen molar-refractivity contribution in [1.82, 2.24) is 9.97 Å². The smallest absolute Gasteiger partial charge is 0.161 e. The average molecular weight is 271 g/mol. The Kier molecular flexibility index (Phi) is 3.62. The summed E-state index contributed by atoms with van der Waals surface area (Å²) >= 11 is 0. The number of aliphatic hydroxyl groups is 2. The summed E-state index contributed by atoms with van der Waals surface area (Å²) in [5.41, 5.74) is 1.79. The first-order chi connectivity index (χ1) is 9.76. The van der Waals surface area contributed by atoms with E-state index in [1.165, 1.54) is 0 Å². The lowest BCUT2D eigenvalue weighted by Gasteiger charge is -2.16. The maximum absolute atomic E-state index is 9.60. The highest BCUT2D eigenvalue weighted by Gasteiger charge is 2.21. The maximum atomic E-state index is 9.60. The zero-order valence-corrected chi connectivity index (χ0v) is 11.1. The number of hydrogen-bond donors (Lipinski definition) is 2. The molecule has 2 N–H and O–H groups in total. The van der Waals surface area contributed by atoms with Gasteiger partial charge in [0.25, 0.3) is 0 Å². The number of β-amino-alcohol motifs (C(OH)–C–C–N with tert-alkyl or cyclic N) is 1. The number of hydrogen-bond acceptors (Lipinski definition) is 5. The van der Waals surface area contributed by atoms with Gasteiger partial charge in [-0.2, -0.15) is 0 Å². The molecule has 2 heterocycles. The normalized spacial score (nSPS) is 18.5. The van der Waals surface area contributed by atoms with Crippen LogP contribution in [0.15, 0.2) is 36.5 Å². The van der Waals surface area contributed by atoms with Gasteiger partial charge in [-0.05, 0) is 18.1 Å². The van der Waals surface area contributed by atoms with E-state index in [1.54, 1.807) is 6.20 Å². The van der Waals surface area contributed by atoms with E-state index in [4.69, 9.17) is 5.11 Å². The lowest BCUT2D eigenvalue weighted by molar-refractivity contribution is 0.198. The second kappa shape index (κ2) is 5.56. The van der Waals surface area contributed by atoms with E-state index >= 15 is 0 Å². The Bertz CT molecular complexity index is 586. The minimum Gasteiger partial charge on any atom is -0.392 e. The molecule has 0 saturated carbocycles. The molecular formula is C15H17N3O2. The maximum Gasteiger partial charge on any atom is 0.161 e. The van der Waals surface area contributed by atoms with E-state index in [9.17, 15) is 5.11 Å². The summed E-state index contributed by atoms with van der Waals surface area (Å²) < 4.78 is 0. The lowest BCUT2D eigenvalue weighted by atomic mass is 10.1. The molecule has 20 heavy (non-hydrogen) atoms. The molecular weight excluding hydrogens is 254 g/mol. The fourth-order valence-electron chi connectivity index (χ4n) is 2.37. The van der Waals surface area contributed by atoms with Gasteiger partial charge >= 0.3 is 0 Å². The topological polar surface area (TPSA) is 69.5 Å². The van der Waals surface area contributed by atoms with Crippen LogP contribution in [0, 0.1) is 0 Å². The molecule has 0 radical (unpaired) electrons. The van der Waals surface area contributed by atoms with Crippen LogP contribution in [-0.2, 0) is 6.61 Å². The first kappa shape index (κ1) is 13.0. The van der Waals surface area contributed by atoms with Crippen LogP contribution >= 0.6 is 0 Å². The molecule has 1 aliphatic heterocycles. The highest BCUT2D eigenvalue weighted by molar-refractivity contribution is 5.57. The SMILES string of the molecule is OCc1ccc(-c2nccc(N3CC[C@H](O)C3)n2)cc1. The highest BCUT2D eigenvalue weighted by Crippen LogP contribution is 2.21. The molecule has 5 heteroatoms. The van der Waals surface area contributed by atoms with Crippen LogP contribution in [0.5, 0.6) is 0 Å². The Morgan fingerprint density at radius 3 is 2.65 bits per heavy atom. The van der Waals surface area contributed by atoms with E-state index in [2.05, 4.69) is 14.9 Å². The third-order valence-corrected chi connectivity index (χ3v) is 3.52. The van der Waals surface area contributed by atoms with Gasteiger partial charge in [0.15, 0.2) is 5.82 Å². The van der Waals surface area contributed by atoms with Crippen LogP contribution in [-0.4, -0.2) is 39.4 Å². The van der Waals surface area contributed by atoms with Crippen LogP contribution in [0.2, 0.25) is 0 Å². The minimum absolute atomic E-state index is 0.0346. The summed E-state index contributed by atoms with van der Waals surface area (Å²) in [7, 11) is 0. The average Bonchev–Trinajstić information content (AvgIpc) is 2.94. The van der Waals surface area contributed by atoms with Gasteiger partial charge in [0, 0.05) is 24.8 Å². The Hall–Kier alpha value is -1.98. The first-order valence-corrected chi connectivity index (χ1v) is 6.72. The van der Waals surface area contributed by atoms with E-state index in [0.717, 1.165) is 29.9 Å². The summed E-state index contributed by atoms with van der Waals surface area (Å²) in [6.07, 6.45) is 2.25. The molecule has 1 aromatic heterocycles. The van der Waals surface area contributed by atoms with Crippen molar-refractivity contribution >= 4 is 5.82 Å². The fraction of sp³-hybridized carbons (Fsp3) is 0.333. The molecule has 1 aromatic carbocycles. The predicted molar refractivity (Wildman–Crippen MR) is 76.2 cm³/mol. The van der Waals surface area contributed by atoms with Crippen LogP contribution in [0.3, 0.4) is 0 Å². The molecule has 0 aliphatic carbocycles. The number of aromatic nitrogens is 2. The van der Waals surface area contributed by atoms with Crippen LogP contribution in [0.1, 0.15) is 12.0 Å². The van der Waals surface area contributed by atoms with Crippen molar-refractivity contribution in [3.8, 4) is 11.4 Å². The zero-order valence-electron chi connectivity index (χ0n) is 11.1. The fourth-order valence-corrected chi connectivity index (χ4v) is 2.37. The summed E-state index contributed by atoms with van der Waals surface area (Å²) in [5, 5.41) is 18.6. The molecule has 1 aliphatic rings. The summed E-state index contributed by atoms with van der Waals surface area (Å²) in [4.78, 5) is 10.9. The summed E-state index contributed by atoms with van der Waals surface area (Å²) in [5.74, 6) is 1.51. The second-order valence-electron chi connectivity index (χ2n) is 4.98. The molecule has 1 saturated heterocycles. The van der Waals surface area contributed by atoms with E-state index in [1.807, 2.05) is 30.3 Å². The summed E-state index contributed by atoms with van der Waals surface area (Å²) in [6.45, 7) is 1.48. The van der Waals surface area contributed by atoms with E-state index in [-0.39, 0.29) is 12.7 Å². The van der Waals surface area contributed by atoms with Crippen molar-refractivity contribution in [1.29, 1.82) is 0 Å². The predicted octanol–water partition coefficient (Wildman–Crippen LogP) is 1.21. The molecule has 2 aromatic rings. The van der Waals surface area contributed by atoms with E-state index < -0.39 is 0 Å². The van der Waals surface area contributed by atoms with Gasteiger partial charge in [-0.3, -0.25) is 0 Å². The molecule has 0 amide bonds. The van der Waals surface area contributed by atoms with Gasteiger partial charge in [0.1, 0.15) is 5.82 Å². The number of rotatable bonds is 3. The number of anilines is 1. The van der Waals surface area contributed by atoms with Gasteiger partial charge in [0.05, 0.1) is 12.7 Å². The molecule has 0 spiro atoms. The van der Waals surface area contributed by atoms with Crippen LogP contribution < -0.4 is 4.90 Å². The van der Waals surface area contributed by atoms with Gasteiger partial charge in [-0.15, -0.1) is 0 Å². The molecule has 0 bridgehead atoms. The quantitative estimate of drug-likeness (QED) is 0.878. The van der Waals surface area contributed by atoms with Crippen LogP contribution in [0.25, 0.3) is 11.4 Å². The second-order valence-corrected chi connectivity index (χ2v) is 4.98. The third-order valence-electron chi connectivity index (χ3n) is 3.52. The summed E-state index contributed by atoms with van der Waals surface area (Å²) in [6, 6.07) is 9.41. The first-order valence-electron chi connectivity index (χ1n) is 6.72. The molecule has 104 valence electrons. The molecule has 5 nitrogen and oxygen atoms in total. The number of aliphatic hydroxyl groups excluding tert-OH is 2. The van der Waals surface area contributed by atoms with Crippen LogP contribution in [0.4, 0.5) is 5.82 Å². The Morgan fingerprint density at radius 1 is 1.20 bits per heavy atom. The van der Waals surface area contributed by atoms with Gasteiger partial charge in [-0.25, -0.2) is 9.97 Å². The molecule has 3 rings (SSSR count). The molecule has 1 fully saturated rings. The third kappa shape index (κ3) is 2.64. The molecule has 0 unspecified atom stereocenters. The van der Waals surface area contributed by atoms with Crippen molar-refractivity contribution in [2.45, 2.75) is 19.1 Å². The van der Waals surface area contributed by atoms with Gasteiger partial charge in [-0.1, -0.05) is 24.3 Å². The number of nitrogens with zero attached hydrogens (tertiary/aromatic N) is 3. The minimum atomic E-state index is -0.266. The van der Waals surface area contributed by atoms with Crippen molar-refractivity contribution in [3.63, 3.8) is 0 Å². The molecule has 1 atom stereocenters. The standard InChI is InChI=1S/C15H17N3O2/c19-10-11-1-3-12(4-2-11)15-16-7-5-14(17-15)18-8-6-13(20)9-18/h1-5,7,13,19-20H,6,8-10H2/t13-/m0/s1. The lowest BCUT2D eigenvalue weighted by Crippen LogP contribution is -2.22. The van der Waals surface area contributed by atoms with Crippen molar-refractivity contribution < 1.29 is 10.2 Å². The Morgan fingerprint density at radius 2 is 2.00 bits per heavy atom. The van der Waals surface area contributed by atoms with E-state index in [0.29, 0.717) is 12.4 Å².